The van der Waals surface area contributed by atoms with Gasteiger partial charge in [0.05, 0.1) is 31.7 Å². The summed E-state index contributed by atoms with van der Waals surface area (Å²) in [6, 6.07) is 14.4. The van der Waals surface area contributed by atoms with Gasteiger partial charge < -0.3 is 9.47 Å². The maximum Gasteiger partial charge on any atom is 0.166 e. The Morgan fingerprint density at radius 3 is 2.42 bits per heavy atom. The number of hydrogen-bond donors (Lipinski definition) is 0. The molecule has 0 aliphatic heterocycles. The molecule has 4 aromatic rings. The second-order valence-corrected chi connectivity index (χ2v) is 8.85. The van der Waals surface area contributed by atoms with Crippen molar-refractivity contribution < 1.29 is 14.3 Å². The fraction of sp³-hybridized carbons (Fsp3) is 0.296. The quantitative estimate of drug-likeness (QED) is 0.412. The van der Waals surface area contributed by atoms with E-state index in [0.29, 0.717) is 29.4 Å². The van der Waals surface area contributed by atoms with E-state index in [2.05, 4.69) is 43.2 Å². The van der Waals surface area contributed by atoms with Crippen LogP contribution >= 0.6 is 0 Å². The molecule has 0 radical (unpaired) electrons. The van der Waals surface area contributed by atoms with Crippen molar-refractivity contribution in [2.24, 2.45) is 0 Å². The summed E-state index contributed by atoms with van der Waals surface area (Å²) in [4.78, 5) is 17.9. The van der Waals surface area contributed by atoms with Gasteiger partial charge in [-0.15, -0.1) is 0 Å². The number of benzene rings is 2. The summed E-state index contributed by atoms with van der Waals surface area (Å²) in [5.74, 6) is 2.05. The molecule has 6 heteroatoms. The first-order chi connectivity index (χ1) is 16.0. The van der Waals surface area contributed by atoms with Crippen LogP contribution in [-0.4, -0.2) is 34.6 Å². The Morgan fingerprint density at radius 1 is 0.970 bits per heavy atom. The van der Waals surface area contributed by atoms with Crippen molar-refractivity contribution in [3.05, 3.63) is 77.2 Å². The zero-order chi connectivity index (χ0) is 23.1. The predicted octanol–water partition coefficient (Wildman–Crippen LogP) is 5.45. The summed E-state index contributed by atoms with van der Waals surface area (Å²) in [6.07, 6.45) is 4.82. The van der Waals surface area contributed by atoms with Crippen LogP contribution in [0.1, 0.15) is 59.3 Å². The highest BCUT2D eigenvalue weighted by molar-refractivity contribution is 5.99. The van der Waals surface area contributed by atoms with Gasteiger partial charge >= 0.3 is 0 Å². The fourth-order valence-electron chi connectivity index (χ4n) is 4.57. The Bertz CT molecular complexity index is 1340. The van der Waals surface area contributed by atoms with Crippen LogP contribution in [0.3, 0.4) is 0 Å². The highest BCUT2D eigenvalue weighted by Gasteiger charge is 2.29. The van der Waals surface area contributed by atoms with Crippen molar-refractivity contribution in [1.29, 1.82) is 0 Å². The molecule has 0 amide bonds. The number of aromatic nitrogens is 3. The van der Waals surface area contributed by atoms with Crippen molar-refractivity contribution in [2.45, 2.75) is 38.5 Å². The molecule has 0 saturated heterocycles. The minimum absolute atomic E-state index is 0.117. The largest absolute Gasteiger partial charge is 0.493 e. The molecule has 0 bridgehead atoms. The molecular formula is C27H27N3O3. The van der Waals surface area contributed by atoms with Gasteiger partial charge in [-0.1, -0.05) is 44.2 Å². The van der Waals surface area contributed by atoms with E-state index in [1.165, 1.54) is 11.1 Å². The third kappa shape index (κ3) is 3.75. The molecule has 6 nitrogen and oxygen atoms in total. The molecule has 33 heavy (non-hydrogen) atoms. The van der Waals surface area contributed by atoms with Crippen molar-refractivity contribution >= 4 is 11.4 Å². The van der Waals surface area contributed by atoms with E-state index in [-0.39, 0.29) is 11.7 Å². The van der Waals surface area contributed by atoms with Gasteiger partial charge in [0.1, 0.15) is 0 Å². The van der Waals surface area contributed by atoms with Crippen LogP contribution in [0.4, 0.5) is 0 Å². The number of Topliss-reactive ketones (excluding diaryl/α,β-unsaturated/α-hetero) is 1. The maximum absolute atomic E-state index is 13.0. The molecule has 5 rings (SSSR count). The lowest BCUT2D eigenvalue weighted by Gasteiger charge is -2.23. The summed E-state index contributed by atoms with van der Waals surface area (Å²) in [5, 5.41) is 4.47. The molecule has 2 aromatic heterocycles. The van der Waals surface area contributed by atoms with Crippen molar-refractivity contribution in [3.63, 3.8) is 0 Å². The first-order valence-electron chi connectivity index (χ1n) is 11.2. The first kappa shape index (κ1) is 21.2. The van der Waals surface area contributed by atoms with Crippen LogP contribution in [0.15, 0.2) is 54.9 Å². The molecule has 0 N–H and O–H groups in total. The summed E-state index contributed by atoms with van der Waals surface area (Å²) in [6.45, 7) is 4.37. The lowest BCUT2D eigenvalue weighted by Crippen LogP contribution is -2.21. The Kier molecular flexibility index (Phi) is 5.36. The predicted molar refractivity (Wildman–Crippen MR) is 127 cm³/mol. The number of ketones is 1. The average molecular weight is 442 g/mol. The third-order valence-corrected chi connectivity index (χ3v) is 6.51. The highest BCUT2D eigenvalue weighted by atomic mass is 16.5. The molecule has 0 saturated carbocycles. The average Bonchev–Trinajstić information content (AvgIpc) is 3.25. The van der Waals surface area contributed by atoms with Gasteiger partial charge in [0.25, 0.3) is 0 Å². The third-order valence-electron chi connectivity index (χ3n) is 6.51. The lowest BCUT2D eigenvalue weighted by atomic mass is 9.81. The first-order valence-corrected chi connectivity index (χ1v) is 11.2. The molecule has 0 spiro atoms. The maximum atomic E-state index is 13.0. The summed E-state index contributed by atoms with van der Waals surface area (Å²) >= 11 is 0. The number of rotatable bonds is 5. The molecule has 1 atom stereocenters. The Morgan fingerprint density at radius 2 is 1.73 bits per heavy atom. The Hall–Kier alpha value is -3.67. The number of fused-ring (bicyclic) bond motifs is 2. The van der Waals surface area contributed by atoms with Gasteiger partial charge in [-0.05, 0) is 47.1 Å². The van der Waals surface area contributed by atoms with Gasteiger partial charge in [-0.25, -0.2) is 9.50 Å². The minimum Gasteiger partial charge on any atom is -0.493 e. The van der Waals surface area contributed by atoms with Gasteiger partial charge in [-0.3, -0.25) is 4.79 Å². The second-order valence-electron chi connectivity index (χ2n) is 8.85. The number of nitrogens with zero attached hydrogens (tertiary/aromatic N) is 3. The number of carbonyl (C=O) groups excluding carboxylic acids is 1. The lowest BCUT2D eigenvalue weighted by molar-refractivity contribution is 0.0962. The molecule has 1 aliphatic carbocycles. The van der Waals surface area contributed by atoms with Gasteiger partial charge in [-0.2, -0.15) is 5.10 Å². The molecule has 2 heterocycles. The van der Waals surface area contributed by atoms with Crippen LogP contribution in [-0.2, 0) is 6.42 Å². The van der Waals surface area contributed by atoms with Gasteiger partial charge in [0.2, 0.25) is 0 Å². The molecular weight excluding hydrogens is 414 g/mol. The smallest absolute Gasteiger partial charge is 0.166 e. The summed E-state index contributed by atoms with van der Waals surface area (Å²) in [7, 11) is 3.23. The number of hydrogen-bond acceptors (Lipinski definition) is 5. The van der Waals surface area contributed by atoms with Crippen molar-refractivity contribution in [1.82, 2.24) is 14.6 Å². The standard InChI is InChI=1S/C27H27N3O3/c1-16(2)17-5-7-18(8-6-17)20-11-23-22(24(31)12-20)15-30-27(29-23)21(14-28-30)19-9-10-25(32-3)26(13-19)33-4/h5-10,13-16,20H,11-12H2,1-4H3. The van der Waals surface area contributed by atoms with E-state index in [1.807, 2.05) is 24.4 Å². The number of methoxy groups -OCH3 is 2. The minimum atomic E-state index is 0.117. The van der Waals surface area contributed by atoms with E-state index in [1.54, 1.807) is 24.9 Å². The van der Waals surface area contributed by atoms with Crippen LogP contribution < -0.4 is 9.47 Å². The van der Waals surface area contributed by atoms with E-state index in [4.69, 9.17) is 14.5 Å². The molecule has 0 fully saturated rings. The highest BCUT2D eigenvalue weighted by Crippen LogP contribution is 2.36. The van der Waals surface area contributed by atoms with Crippen molar-refractivity contribution in [3.8, 4) is 22.6 Å². The van der Waals surface area contributed by atoms with Crippen LogP contribution in [0, 0.1) is 0 Å². The Labute approximate surface area is 193 Å². The molecule has 168 valence electrons. The van der Waals surface area contributed by atoms with Gasteiger partial charge in [0.15, 0.2) is 22.9 Å². The van der Waals surface area contributed by atoms with Crippen LogP contribution in [0.2, 0.25) is 0 Å². The second kappa shape index (κ2) is 8.35. The van der Waals surface area contributed by atoms with Crippen LogP contribution in [0.25, 0.3) is 16.8 Å². The SMILES string of the molecule is COc1ccc(-c2cnn3cc4c(nc23)CC(c2ccc(C(C)C)cc2)CC4=O)cc1OC. The molecule has 2 aromatic carbocycles. The normalized spacial score (nSPS) is 15.7. The van der Waals surface area contributed by atoms with Crippen LogP contribution in [0.5, 0.6) is 11.5 Å². The number of ether oxygens (including phenoxy) is 2. The van der Waals surface area contributed by atoms with E-state index in [0.717, 1.165) is 28.9 Å². The van der Waals surface area contributed by atoms with Crippen molar-refractivity contribution in [2.75, 3.05) is 14.2 Å². The molecule has 1 aliphatic rings. The monoisotopic (exact) mass is 441 g/mol. The summed E-state index contributed by atoms with van der Waals surface area (Å²) in [5.41, 5.74) is 6.53. The van der Waals surface area contributed by atoms with Gasteiger partial charge in [0, 0.05) is 18.2 Å². The zero-order valence-electron chi connectivity index (χ0n) is 19.3. The zero-order valence-corrected chi connectivity index (χ0v) is 19.3. The number of carbonyl (C=O) groups is 1. The van der Waals surface area contributed by atoms with E-state index in [9.17, 15) is 4.79 Å². The Balaban J connectivity index is 1.53. The molecule has 1 unspecified atom stereocenters. The topological polar surface area (TPSA) is 65.7 Å². The van der Waals surface area contributed by atoms with E-state index < -0.39 is 0 Å². The fourth-order valence-corrected chi connectivity index (χ4v) is 4.57. The summed E-state index contributed by atoms with van der Waals surface area (Å²) < 4.78 is 12.5. The van der Waals surface area contributed by atoms with E-state index >= 15 is 0 Å².